The van der Waals surface area contributed by atoms with Gasteiger partial charge in [-0.05, 0) is 49.2 Å². The van der Waals surface area contributed by atoms with Crippen LogP contribution in [0.25, 0.3) is 22.3 Å². The average Bonchev–Trinajstić information content (AvgIpc) is 2.50. The molecule has 0 spiro atoms. The Morgan fingerprint density at radius 1 is 1.09 bits per heavy atom. The largest absolute Gasteiger partial charge is 0.490 e. The summed E-state index contributed by atoms with van der Waals surface area (Å²) >= 11 is 6.23. The minimum absolute atomic E-state index is 0.170. The van der Waals surface area contributed by atoms with E-state index in [4.69, 9.17) is 20.8 Å². The second kappa shape index (κ2) is 5.50. The van der Waals surface area contributed by atoms with Gasteiger partial charge in [-0.3, -0.25) is 4.79 Å². The number of benzene rings is 2. The van der Waals surface area contributed by atoms with Crippen LogP contribution in [0.1, 0.15) is 11.1 Å². The summed E-state index contributed by atoms with van der Waals surface area (Å²) in [5, 5.41) is 1.02. The van der Waals surface area contributed by atoms with E-state index in [9.17, 15) is 4.79 Å². The van der Waals surface area contributed by atoms with Gasteiger partial charge in [-0.25, -0.2) is 0 Å². The van der Waals surface area contributed by atoms with Crippen LogP contribution in [0.5, 0.6) is 5.75 Å². The second-order valence-electron chi connectivity index (χ2n) is 5.21. The topological polar surface area (TPSA) is 39.4 Å². The molecular weight excluding hydrogens is 300 g/mol. The van der Waals surface area contributed by atoms with Gasteiger partial charge < -0.3 is 9.15 Å². The van der Waals surface area contributed by atoms with Crippen LogP contribution in [-0.4, -0.2) is 7.11 Å². The zero-order valence-corrected chi connectivity index (χ0v) is 13.3. The number of methoxy groups -OCH3 is 1. The fourth-order valence-electron chi connectivity index (χ4n) is 2.44. The minimum atomic E-state index is -0.193. The number of rotatable bonds is 2. The van der Waals surface area contributed by atoms with Gasteiger partial charge in [0.15, 0.2) is 5.76 Å². The van der Waals surface area contributed by atoms with Crippen molar-refractivity contribution in [2.75, 3.05) is 7.11 Å². The van der Waals surface area contributed by atoms with Gasteiger partial charge in [-0.1, -0.05) is 23.7 Å². The van der Waals surface area contributed by atoms with E-state index >= 15 is 0 Å². The third kappa shape index (κ3) is 2.28. The maximum atomic E-state index is 12.7. The molecule has 0 aliphatic carbocycles. The van der Waals surface area contributed by atoms with Crippen molar-refractivity contribution in [3.63, 3.8) is 0 Å². The summed E-state index contributed by atoms with van der Waals surface area (Å²) < 4.78 is 11.3. The van der Waals surface area contributed by atoms with Crippen LogP contribution < -0.4 is 10.2 Å². The van der Waals surface area contributed by atoms with E-state index < -0.39 is 0 Å². The molecule has 2 aromatic carbocycles. The summed E-state index contributed by atoms with van der Waals surface area (Å²) in [6, 6.07) is 10.9. The molecule has 1 heterocycles. The van der Waals surface area contributed by atoms with Crippen molar-refractivity contribution < 1.29 is 9.15 Å². The molecule has 112 valence electrons. The normalized spacial score (nSPS) is 10.9. The Labute approximate surface area is 133 Å². The Bertz CT molecular complexity index is 925. The lowest BCUT2D eigenvalue weighted by molar-refractivity contribution is 0.398. The smallest absolute Gasteiger partial charge is 0.235 e. The highest BCUT2D eigenvalue weighted by Gasteiger charge is 2.19. The molecule has 1 aromatic heterocycles. The van der Waals surface area contributed by atoms with Crippen molar-refractivity contribution in [1.82, 2.24) is 0 Å². The Kier molecular flexibility index (Phi) is 3.67. The van der Waals surface area contributed by atoms with E-state index in [0.29, 0.717) is 27.3 Å². The molecule has 0 unspecified atom stereocenters. The highest BCUT2D eigenvalue weighted by Crippen LogP contribution is 2.35. The zero-order chi connectivity index (χ0) is 15.9. The standard InChI is InChI=1S/C18H15ClO3/c1-10-8-13-15(9-11(10)2)22-17(18(21-3)16(13)20)12-6-4-5-7-14(12)19/h4-9H,1-3H3. The maximum Gasteiger partial charge on any atom is 0.235 e. The predicted octanol–water partition coefficient (Wildman–Crippen LogP) is 4.74. The van der Waals surface area contributed by atoms with Gasteiger partial charge in [0, 0.05) is 5.56 Å². The van der Waals surface area contributed by atoms with Gasteiger partial charge in [0.1, 0.15) is 5.58 Å². The molecule has 0 fully saturated rings. The van der Waals surface area contributed by atoms with Crippen molar-refractivity contribution in [1.29, 1.82) is 0 Å². The van der Waals surface area contributed by atoms with Gasteiger partial charge in [0.2, 0.25) is 11.2 Å². The van der Waals surface area contributed by atoms with Gasteiger partial charge in [-0.15, -0.1) is 0 Å². The molecular formula is C18H15ClO3. The second-order valence-corrected chi connectivity index (χ2v) is 5.61. The first-order chi connectivity index (χ1) is 10.5. The highest BCUT2D eigenvalue weighted by molar-refractivity contribution is 6.33. The predicted molar refractivity (Wildman–Crippen MR) is 89.0 cm³/mol. The van der Waals surface area contributed by atoms with E-state index in [0.717, 1.165) is 11.1 Å². The first-order valence-corrected chi connectivity index (χ1v) is 7.27. The molecule has 0 aliphatic rings. The van der Waals surface area contributed by atoms with Crippen LogP contribution in [-0.2, 0) is 0 Å². The summed E-state index contributed by atoms with van der Waals surface area (Å²) in [4.78, 5) is 12.7. The molecule has 3 nitrogen and oxygen atoms in total. The lowest BCUT2D eigenvalue weighted by atomic mass is 10.0. The molecule has 3 rings (SSSR count). The third-order valence-electron chi connectivity index (χ3n) is 3.79. The van der Waals surface area contributed by atoms with Gasteiger partial charge in [0.25, 0.3) is 0 Å². The van der Waals surface area contributed by atoms with Gasteiger partial charge >= 0.3 is 0 Å². The molecule has 0 atom stereocenters. The van der Waals surface area contributed by atoms with Crippen LogP contribution in [0.15, 0.2) is 45.6 Å². The molecule has 0 saturated carbocycles. The monoisotopic (exact) mass is 314 g/mol. The summed E-state index contributed by atoms with van der Waals surface area (Å²) in [6.45, 7) is 3.94. The van der Waals surface area contributed by atoms with E-state index in [1.807, 2.05) is 38.1 Å². The average molecular weight is 315 g/mol. The summed E-state index contributed by atoms with van der Waals surface area (Å²) in [6.07, 6.45) is 0. The van der Waals surface area contributed by atoms with Crippen molar-refractivity contribution in [3.05, 3.63) is 62.8 Å². The van der Waals surface area contributed by atoms with Gasteiger partial charge in [0.05, 0.1) is 17.5 Å². The number of fused-ring (bicyclic) bond motifs is 1. The van der Waals surface area contributed by atoms with Gasteiger partial charge in [-0.2, -0.15) is 0 Å². The number of halogens is 1. The molecule has 4 heteroatoms. The first kappa shape index (κ1) is 14.7. The lowest BCUT2D eigenvalue weighted by Gasteiger charge is -2.11. The summed E-state index contributed by atoms with van der Waals surface area (Å²) in [7, 11) is 1.46. The Morgan fingerprint density at radius 3 is 2.45 bits per heavy atom. The molecule has 0 radical (unpaired) electrons. The summed E-state index contributed by atoms with van der Waals surface area (Å²) in [5.41, 5.74) is 3.07. The van der Waals surface area contributed by atoms with Crippen LogP contribution >= 0.6 is 11.6 Å². The number of hydrogen-bond donors (Lipinski definition) is 0. The Hall–Kier alpha value is -2.26. The van der Waals surface area contributed by atoms with E-state index in [1.54, 1.807) is 12.1 Å². The molecule has 0 saturated heterocycles. The molecule has 3 aromatic rings. The van der Waals surface area contributed by atoms with Crippen LogP contribution in [0.4, 0.5) is 0 Å². The Morgan fingerprint density at radius 2 is 1.77 bits per heavy atom. The molecule has 0 aliphatic heterocycles. The number of hydrogen-bond acceptors (Lipinski definition) is 3. The SMILES string of the molecule is COc1c(-c2ccccc2Cl)oc2cc(C)c(C)cc2c1=O. The Balaban J connectivity index is 2.43. The zero-order valence-electron chi connectivity index (χ0n) is 12.6. The van der Waals surface area contributed by atoms with Crippen LogP contribution in [0.3, 0.4) is 0 Å². The summed E-state index contributed by atoms with van der Waals surface area (Å²) in [5.74, 6) is 0.526. The van der Waals surface area contributed by atoms with Crippen LogP contribution in [0, 0.1) is 13.8 Å². The molecule has 0 N–H and O–H groups in total. The van der Waals surface area contributed by atoms with E-state index in [-0.39, 0.29) is 11.2 Å². The number of ether oxygens (including phenoxy) is 1. The molecule has 22 heavy (non-hydrogen) atoms. The number of aryl methyl sites for hydroxylation is 2. The van der Waals surface area contributed by atoms with Crippen molar-refractivity contribution in [3.8, 4) is 17.1 Å². The van der Waals surface area contributed by atoms with Crippen molar-refractivity contribution in [2.24, 2.45) is 0 Å². The van der Waals surface area contributed by atoms with E-state index in [1.165, 1.54) is 7.11 Å². The molecule has 0 bridgehead atoms. The molecule has 0 amide bonds. The van der Waals surface area contributed by atoms with E-state index in [2.05, 4.69) is 0 Å². The highest BCUT2D eigenvalue weighted by atomic mass is 35.5. The maximum absolute atomic E-state index is 12.7. The van der Waals surface area contributed by atoms with Crippen molar-refractivity contribution in [2.45, 2.75) is 13.8 Å². The minimum Gasteiger partial charge on any atom is -0.490 e. The first-order valence-electron chi connectivity index (χ1n) is 6.90. The third-order valence-corrected chi connectivity index (χ3v) is 4.12. The lowest BCUT2D eigenvalue weighted by Crippen LogP contribution is -2.08. The fourth-order valence-corrected chi connectivity index (χ4v) is 2.66. The van der Waals surface area contributed by atoms with Crippen LogP contribution in [0.2, 0.25) is 5.02 Å². The quantitative estimate of drug-likeness (QED) is 0.686. The van der Waals surface area contributed by atoms with Crippen molar-refractivity contribution >= 4 is 22.6 Å². The fraction of sp³-hybridized carbons (Fsp3) is 0.167.